The van der Waals surface area contributed by atoms with Gasteiger partial charge in [-0.25, -0.2) is 9.97 Å². The minimum Gasteiger partial charge on any atom is -0.356 e. The maximum absolute atomic E-state index is 4.44. The molecule has 3 rings (SSSR count). The SMILES string of the molecule is CN(c1cc(N2CCCCC2)ncn1)C1CCNC1. The monoisotopic (exact) mass is 261 g/mol. The molecule has 5 heteroatoms. The molecule has 104 valence electrons. The topological polar surface area (TPSA) is 44.3 Å². The van der Waals surface area contributed by atoms with Crippen molar-refractivity contribution in [1.82, 2.24) is 15.3 Å². The van der Waals surface area contributed by atoms with E-state index in [0.29, 0.717) is 6.04 Å². The number of rotatable bonds is 3. The highest BCUT2D eigenvalue weighted by molar-refractivity contribution is 5.50. The van der Waals surface area contributed by atoms with E-state index in [4.69, 9.17) is 0 Å². The van der Waals surface area contributed by atoms with Crippen LogP contribution in [0, 0.1) is 0 Å². The highest BCUT2D eigenvalue weighted by atomic mass is 15.2. The Hall–Kier alpha value is -1.36. The van der Waals surface area contributed by atoms with Crippen LogP contribution < -0.4 is 15.1 Å². The number of likely N-dealkylation sites (N-methyl/N-ethyl adjacent to an activating group) is 1. The summed E-state index contributed by atoms with van der Waals surface area (Å²) < 4.78 is 0. The van der Waals surface area contributed by atoms with Crippen LogP contribution in [0.5, 0.6) is 0 Å². The highest BCUT2D eigenvalue weighted by Gasteiger charge is 2.21. The third-order valence-corrected chi connectivity index (χ3v) is 4.26. The highest BCUT2D eigenvalue weighted by Crippen LogP contribution is 2.22. The van der Waals surface area contributed by atoms with Crippen molar-refractivity contribution in [3.05, 3.63) is 12.4 Å². The molecule has 1 aromatic rings. The standard InChI is InChI=1S/C14H23N5/c1-18(12-5-6-15-10-12)13-9-14(17-11-16-13)19-7-3-2-4-8-19/h9,11-12,15H,2-8,10H2,1H3. The van der Waals surface area contributed by atoms with Crippen molar-refractivity contribution in [3.63, 3.8) is 0 Å². The van der Waals surface area contributed by atoms with Gasteiger partial charge in [0.2, 0.25) is 0 Å². The van der Waals surface area contributed by atoms with Gasteiger partial charge < -0.3 is 15.1 Å². The molecule has 2 aliphatic heterocycles. The van der Waals surface area contributed by atoms with Gasteiger partial charge in [-0.1, -0.05) is 0 Å². The van der Waals surface area contributed by atoms with Crippen LogP contribution in [0.15, 0.2) is 12.4 Å². The summed E-state index contributed by atoms with van der Waals surface area (Å²) in [4.78, 5) is 13.6. The van der Waals surface area contributed by atoms with Gasteiger partial charge in [0.25, 0.3) is 0 Å². The molecular formula is C14H23N5. The van der Waals surface area contributed by atoms with E-state index in [1.807, 2.05) is 0 Å². The van der Waals surface area contributed by atoms with E-state index < -0.39 is 0 Å². The number of hydrogen-bond donors (Lipinski definition) is 1. The van der Waals surface area contributed by atoms with Crippen molar-refractivity contribution in [3.8, 4) is 0 Å². The fraction of sp³-hybridized carbons (Fsp3) is 0.714. The van der Waals surface area contributed by atoms with Crippen LogP contribution in [0.4, 0.5) is 11.6 Å². The van der Waals surface area contributed by atoms with Crippen molar-refractivity contribution >= 4 is 11.6 Å². The van der Waals surface area contributed by atoms with Gasteiger partial charge in [0, 0.05) is 38.8 Å². The summed E-state index contributed by atoms with van der Waals surface area (Å²) in [6.07, 6.45) is 6.81. The Morgan fingerprint density at radius 2 is 2.11 bits per heavy atom. The van der Waals surface area contributed by atoms with Crippen LogP contribution in [0.3, 0.4) is 0 Å². The van der Waals surface area contributed by atoms with Gasteiger partial charge in [-0.2, -0.15) is 0 Å². The summed E-state index contributed by atoms with van der Waals surface area (Å²) in [5.74, 6) is 2.13. The first kappa shape index (κ1) is 12.7. The van der Waals surface area contributed by atoms with E-state index in [1.54, 1.807) is 6.33 Å². The predicted octanol–water partition coefficient (Wildman–Crippen LogP) is 1.26. The molecule has 2 fully saturated rings. The third-order valence-electron chi connectivity index (χ3n) is 4.26. The molecule has 5 nitrogen and oxygen atoms in total. The van der Waals surface area contributed by atoms with Gasteiger partial charge in [-0.05, 0) is 32.2 Å². The normalized spacial score (nSPS) is 23.6. The van der Waals surface area contributed by atoms with E-state index in [1.165, 1.54) is 25.7 Å². The zero-order chi connectivity index (χ0) is 13.1. The summed E-state index contributed by atoms with van der Waals surface area (Å²) in [5, 5.41) is 3.41. The van der Waals surface area contributed by atoms with Crippen LogP contribution >= 0.6 is 0 Å². The fourth-order valence-corrected chi connectivity index (χ4v) is 2.98. The fourth-order valence-electron chi connectivity index (χ4n) is 2.98. The zero-order valence-electron chi connectivity index (χ0n) is 11.7. The van der Waals surface area contributed by atoms with Crippen LogP contribution in [0.2, 0.25) is 0 Å². The molecule has 1 atom stereocenters. The third kappa shape index (κ3) is 2.81. The molecule has 0 spiro atoms. The summed E-state index contributed by atoms with van der Waals surface area (Å²) in [6.45, 7) is 4.43. The largest absolute Gasteiger partial charge is 0.356 e. The van der Waals surface area contributed by atoms with Gasteiger partial charge >= 0.3 is 0 Å². The second-order valence-electron chi connectivity index (χ2n) is 5.54. The van der Waals surface area contributed by atoms with Crippen LogP contribution in [0.25, 0.3) is 0 Å². The van der Waals surface area contributed by atoms with Gasteiger partial charge in [-0.3, -0.25) is 0 Å². The first-order chi connectivity index (χ1) is 9.34. The second kappa shape index (κ2) is 5.74. The number of nitrogens with zero attached hydrogens (tertiary/aromatic N) is 4. The van der Waals surface area contributed by atoms with E-state index in [0.717, 1.165) is 37.8 Å². The molecule has 0 amide bonds. The summed E-state index contributed by atoms with van der Waals surface area (Å²) in [6, 6.07) is 2.70. The van der Waals surface area contributed by atoms with E-state index in [9.17, 15) is 0 Å². The van der Waals surface area contributed by atoms with Crippen LogP contribution in [-0.4, -0.2) is 49.2 Å². The van der Waals surface area contributed by atoms with Crippen molar-refractivity contribution in [2.45, 2.75) is 31.7 Å². The quantitative estimate of drug-likeness (QED) is 0.887. The van der Waals surface area contributed by atoms with Crippen molar-refractivity contribution < 1.29 is 0 Å². The average molecular weight is 261 g/mol. The molecule has 0 aliphatic carbocycles. The Labute approximate surface area is 115 Å². The first-order valence-corrected chi connectivity index (χ1v) is 7.35. The molecule has 19 heavy (non-hydrogen) atoms. The number of anilines is 2. The lowest BCUT2D eigenvalue weighted by atomic mass is 10.1. The van der Waals surface area contributed by atoms with Crippen molar-refractivity contribution in [1.29, 1.82) is 0 Å². The molecule has 0 bridgehead atoms. The summed E-state index contributed by atoms with van der Waals surface area (Å²) in [7, 11) is 2.14. The van der Waals surface area contributed by atoms with E-state index >= 15 is 0 Å². The molecular weight excluding hydrogens is 238 g/mol. The molecule has 3 heterocycles. The Morgan fingerprint density at radius 3 is 2.84 bits per heavy atom. The maximum Gasteiger partial charge on any atom is 0.134 e. The minimum atomic E-state index is 0.559. The number of nitrogens with one attached hydrogen (secondary N) is 1. The molecule has 1 N–H and O–H groups in total. The summed E-state index contributed by atoms with van der Waals surface area (Å²) in [5.41, 5.74) is 0. The predicted molar refractivity (Wildman–Crippen MR) is 77.8 cm³/mol. The maximum atomic E-state index is 4.44. The van der Waals surface area contributed by atoms with Gasteiger partial charge in [0.1, 0.15) is 18.0 Å². The first-order valence-electron chi connectivity index (χ1n) is 7.35. The number of hydrogen-bond acceptors (Lipinski definition) is 5. The Morgan fingerprint density at radius 1 is 1.26 bits per heavy atom. The second-order valence-corrected chi connectivity index (χ2v) is 5.54. The lowest BCUT2D eigenvalue weighted by Gasteiger charge is -2.29. The molecule has 1 unspecified atom stereocenters. The average Bonchev–Trinajstić information content (AvgIpc) is 3.02. The smallest absolute Gasteiger partial charge is 0.134 e. The van der Waals surface area contributed by atoms with E-state index in [-0.39, 0.29) is 0 Å². The van der Waals surface area contributed by atoms with Crippen LogP contribution in [-0.2, 0) is 0 Å². The molecule has 1 aromatic heterocycles. The summed E-state index contributed by atoms with van der Waals surface area (Å²) >= 11 is 0. The lowest BCUT2D eigenvalue weighted by Crippen LogP contribution is -2.35. The molecule has 0 saturated carbocycles. The Bertz CT molecular complexity index is 410. The van der Waals surface area contributed by atoms with Gasteiger partial charge in [-0.15, -0.1) is 0 Å². The molecule has 2 saturated heterocycles. The van der Waals surface area contributed by atoms with Crippen molar-refractivity contribution in [2.24, 2.45) is 0 Å². The molecule has 2 aliphatic rings. The van der Waals surface area contributed by atoms with Crippen LogP contribution in [0.1, 0.15) is 25.7 Å². The van der Waals surface area contributed by atoms with Gasteiger partial charge in [0.05, 0.1) is 0 Å². The molecule has 0 radical (unpaired) electrons. The van der Waals surface area contributed by atoms with Crippen molar-refractivity contribution in [2.75, 3.05) is 43.0 Å². The van der Waals surface area contributed by atoms with Gasteiger partial charge in [0.15, 0.2) is 0 Å². The Kier molecular flexibility index (Phi) is 3.82. The Balaban J connectivity index is 1.74. The molecule has 0 aromatic carbocycles. The van der Waals surface area contributed by atoms with E-state index in [2.05, 4.69) is 38.2 Å². The zero-order valence-corrected chi connectivity index (χ0v) is 11.7. The lowest BCUT2D eigenvalue weighted by molar-refractivity contribution is 0.572. The number of aromatic nitrogens is 2. The number of piperidine rings is 1. The minimum absolute atomic E-state index is 0.559.